The van der Waals surface area contributed by atoms with Crippen LogP contribution in [-0.2, 0) is 27.0 Å². The van der Waals surface area contributed by atoms with E-state index in [4.69, 9.17) is 9.47 Å². The molecule has 198 valence electrons. The van der Waals surface area contributed by atoms with Crippen molar-refractivity contribution >= 4 is 34.1 Å². The highest BCUT2D eigenvalue weighted by Gasteiger charge is 2.21. The van der Waals surface area contributed by atoms with Crippen molar-refractivity contribution in [3.05, 3.63) is 77.7 Å². The quantitative estimate of drug-likeness (QED) is 0.325. The predicted octanol–water partition coefficient (Wildman–Crippen LogP) is 5.18. The highest BCUT2D eigenvalue weighted by molar-refractivity contribution is 7.83. The number of nitrogens with one attached hydrogen (secondary N) is 1. The van der Waals surface area contributed by atoms with E-state index in [1.807, 2.05) is 43.3 Å². The van der Waals surface area contributed by atoms with Crippen LogP contribution in [0.25, 0.3) is 22.3 Å². The lowest BCUT2D eigenvalue weighted by Crippen LogP contribution is -2.32. The van der Waals surface area contributed by atoms with Crippen molar-refractivity contribution in [2.45, 2.75) is 51.7 Å². The minimum Gasteiger partial charge on any atom is -0.460 e. The third-order valence-corrected chi connectivity index (χ3v) is 6.73. The molecule has 4 rings (SSSR count). The molecule has 1 atom stereocenters. The molecule has 2 aromatic carbocycles. The van der Waals surface area contributed by atoms with Gasteiger partial charge in [0.25, 0.3) is 0 Å². The second-order valence-corrected chi connectivity index (χ2v) is 11.0. The first-order valence-electron chi connectivity index (χ1n) is 12.2. The first-order valence-corrected chi connectivity index (χ1v) is 13.3. The molecule has 0 aliphatic carbocycles. The molecule has 0 fully saturated rings. The molecule has 10 heteroatoms. The lowest BCUT2D eigenvalue weighted by Gasteiger charge is -2.19. The van der Waals surface area contributed by atoms with Gasteiger partial charge in [-0.25, -0.2) is 27.7 Å². The van der Waals surface area contributed by atoms with Crippen molar-refractivity contribution in [1.29, 1.82) is 0 Å². The second kappa shape index (κ2) is 11.1. The Morgan fingerprint density at radius 1 is 1.05 bits per heavy atom. The van der Waals surface area contributed by atoms with Crippen molar-refractivity contribution in [1.82, 2.24) is 19.3 Å². The smallest absolute Gasteiger partial charge is 0.407 e. The lowest BCUT2D eigenvalue weighted by atomic mass is 10.1. The summed E-state index contributed by atoms with van der Waals surface area (Å²) >= 11 is 0. The highest BCUT2D eigenvalue weighted by atomic mass is 32.2. The summed E-state index contributed by atoms with van der Waals surface area (Å²) in [6.07, 6.45) is 1.15. The van der Waals surface area contributed by atoms with Crippen LogP contribution in [0.15, 0.2) is 65.7 Å². The fourth-order valence-corrected chi connectivity index (χ4v) is 4.78. The number of carbonyl (C=O) groups is 2. The highest BCUT2D eigenvalue weighted by Crippen LogP contribution is 2.29. The molecule has 0 saturated carbocycles. The van der Waals surface area contributed by atoms with Crippen molar-refractivity contribution in [3.63, 3.8) is 0 Å². The molecule has 1 N–H and O–H groups in total. The number of fused-ring (bicyclic) bond motifs is 1. The topological polar surface area (TPSA) is 112 Å². The van der Waals surface area contributed by atoms with Gasteiger partial charge in [-0.15, -0.1) is 0 Å². The van der Waals surface area contributed by atoms with E-state index in [9.17, 15) is 13.8 Å². The van der Waals surface area contributed by atoms with E-state index in [2.05, 4.69) is 15.3 Å². The minimum atomic E-state index is -1.60. The maximum Gasteiger partial charge on any atom is 0.407 e. The zero-order chi connectivity index (χ0) is 27.4. The van der Waals surface area contributed by atoms with Gasteiger partial charge in [-0.3, -0.25) is 0 Å². The van der Waals surface area contributed by atoms with E-state index >= 15 is 0 Å². The summed E-state index contributed by atoms with van der Waals surface area (Å²) < 4.78 is 25.4. The SMILES string of the molecule is CCOC(=O)c1nc(-c2cccc(CNC(=O)OC(C)(C)C)c2)c2ccn(S(=O)c3ccc(C)cc3)c2n1. The van der Waals surface area contributed by atoms with Gasteiger partial charge in [0.2, 0.25) is 5.82 Å². The van der Waals surface area contributed by atoms with Crippen LogP contribution in [0.4, 0.5) is 4.79 Å². The average Bonchev–Trinajstić information content (AvgIpc) is 3.30. The Morgan fingerprint density at radius 2 is 1.79 bits per heavy atom. The molecule has 0 aliphatic rings. The number of ether oxygens (including phenoxy) is 2. The lowest BCUT2D eigenvalue weighted by molar-refractivity contribution is 0.0506. The Balaban J connectivity index is 1.75. The molecule has 1 amide bonds. The van der Waals surface area contributed by atoms with Gasteiger partial charge < -0.3 is 14.8 Å². The first kappa shape index (κ1) is 27.0. The number of nitrogens with zero attached hydrogens (tertiary/aromatic N) is 3. The minimum absolute atomic E-state index is 0.132. The van der Waals surface area contributed by atoms with Gasteiger partial charge in [0.15, 0.2) is 16.6 Å². The third kappa shape index (κ3) is 6.25. The third-order valence-electron chi connectivity index (χ3n) is 5.41. The fourth-order valence-electron chi connectivity index (χ4n) is 3.72. The van der Waals surface area contributed by atoms with Crippen LogP contribution in [-0.4, -0.2) is 42.4 Å². The standard InChI is InChI=1S/C28H30N4O5S/c1-6-36-26(33)24-30-23(20-9-7-8-19(16-20)17-29-27(34)37-28(3,4)5)22-14-15-32(25(22)31-24)38(35)21-12-10-18(2)11-13-21/h7-16H,6,17H2,1-5H3,(H,29,34). The van der Waals surface area contributed by atoms with Crippen LogP contribution in [0.1, 0.15) is 49.4 Å². The Bertz CT molecular complexity index is 1510. The number of hydrogen-bond acceptors (Lipinski definition) is 7. The molecule has 0 bridgehead atoms. The average molecular weight is 535 g/mol. The van der Waals surface area contributed by atoms with E-state index < -0.39 is 28.6 Å². The van der Waals surface area contributed by atoms with Crippen molar-refractivity contribution in [3.8, 4) is 11.3 Å². The van der Waals surface area contributed by atoms with Crippen LogP contribution in [0.5, 0.6) is 0 Å². The summed E-state index contributed by atoms with van der Waals surface area (Å²) in [4.78, 5) is 34.3. The van der Waals surface area contributed by atoms with Crippen LogP contribution in [0, 0.1) is 6.92 Å². The van der Waals surface area contributed by atoms with Crippen molar-refractivity contribution in [2.24, 2.45) is 0 Å². The Hall–Kier alpha value is -4.05. The Morgan fingerprint density at radius 3 is 2.47 bits per heavy atom. The molecule has 0 spiro atoms. The van der Waals surface area contributed by atoms with Gasteiger partial charge >= 0.3 is 12.1 Å². The summed E-state index contributed by atoms with van der Waals surface area (Å²) in [5.41, 5.74) is 2.78. The molecule has 38 heavy (non-hydrogen) atoms. The molecule has 9 nitrogen and oxygen atoms in total. The van der Waals surface area contributed by atoms with E-state index in [1.165, 1.54) is 3.97 Å². The van der Waals surface area contributed by atoms with Crippen molar-refractivity contribution < 1.29 is 23.3 Å². The molecule has 0 radical (unpaired) electrons. The van der Waals surface area contributed by atoms with Gasteiger partial charge in [-0.1, -0.05) is 35.9 Å². The van der Waals surface area contributed by atoms with Gasteiger partial charge in [-0.05, 0) is 64.4 Å². The van der Waals surface area contributed by atoms with Crippen molar-refractivity contribution in [2.75, 3.05) is 6.61 Å². The number of alkyl carbamates (subject to hydrolysis) is 1. The normalized spacial score (nSPS) is 12.2. The zero-order valence-electron chi connectivity index (χ0n) is 22.0. The summed E-state index contributed by atoms with van der Waals surface area (Å²) in [5, 5.41) is 3.37. The Kier molecular flexibility index (Phi) is 7.91. The monoisotopic (exact) mass is 534 g/mol. The van der Waals surface area contributed by atoms with E-state index in [0.29, 0.717) is 27.2 Å². The molecular weight excluding hydrogens is 504 g/mol. The number of aryl methyl sites for hydroxylation is 1. The number of carbonyl (C=O) groups excluding carboxylic acids is 2. The number of benzene rings is 2. The molecule has 0 saturated heterocycles. The first-order chi connectivity index (χ1) is 18.1. The summed E-state index contributed by atoms with van der Waals surface area (Å²) in [6, 6.07) is 16.6. The molecule has 1 unspecified atom stereocenters. The van der Waals surface area contributed by atoms with E-state index in [-0.39, 0.29) is 19.0 Å². The molecule has 2 aromatic heterocycles. The summed E-state index contributed by atoms with van der Waals surface area (Å²) in [7, 11) is -1.60. The number of aromatic nitrogens is 3. The maximum atomic E-state index is 13.4. The largest absolute Gasteiger partial charge is 0.460 e. The zero-order valence-corrected chi connectivity index (χ0v) is 22.8. The number of esters is 1. The Labute approximate surface area is 223 Å². The van der Waals surface area contributed by atoms with Gasteiger partial charge in [0, 0.05) is 23.7 Å². The van der Waals surface area contributed by atoms with Gasteiger partial charge in [0.05, 0.1) is 17.2 Å². The molecule has 0 aliphatic heterocycles. The predicted molar refractivity (Wildman–Crippen MR) is 145 cm³/mol. The number of hydrogen-bond donors (Lipinski definition) is 1. The number of amides is 1. The van der Waals surface area contributed by atoms with Gasteiger partial charge in [0.1, 0.15) is 5.60 Å². The maximum absolute atomic E-state index is 13.4. The molecule has 4 aromatic rings. The van der Waals surface area contributed by atoms with E-state index in [1.54, 1.807) is 52.1 Å². The molecular formula is C28H30N4O5S. The summed E-state index contributed by atoms with van der Waals surface area (Å²) in [6.45, 7) is 9.46. The summed E-state index contributed by atoms with van der Waals surface area (Å²) in [5.74, 6) is -0.806. The van der Waals surface area contributed by atoms with Crippen LogP contribution in [0.3, 0.4) is 0 Å². The second-order valence-electron chi connectivity index (χ2n) is 9.61. The van der Waals surface area contributed by atoms with E-state index in [0.717, 1.165) is 11.1 Å². The van der Waals surface area contributed by atoms with Crippen LogP contribution < -0.4 is 5.32 Å². The molecule has 2 heterocycles. The van der Waals surface area contributed by atoms with Crippen LogP contribution in [0.2, 0.25) is 0 Å². The van der Waals surface area contributed by atoms with Crippen LogP contribution >= 0.6 is 0 Å². The fraction of sp³-hybridized carbons (Fsp3) is 0.286. The number of rotatable bonds is 7. The van der Waals surface area contributed by atoms with Gasteiger partial charge in [-0.2, -0.15) is 0 Å².